The fraction of sp³-hybridized carbons (Fsp3) is 0.235. The molecule has 0 aliphatic rings. The summed E-state index contributed by atoms with van der Waals surface area (Å²) in [7, 11) is -3.43. The zero-order chi connectivity index (χ0) is 20.2. The Labute approximate surface area is 154 Å². The molecule has 0 aliphatic carbocycles. The number of nitrogens with zero attached hydrogens (tertiary/aromatic N) is 1. The van der Waals surface area contributed by atoms with E-state index < -0.39 is 28.0 Å². The number of amides is 1. The van der Waals surface area contributed by atoms with Gasteiger partial charge in [-0.1, -0.05) is 0 Å². The molecule has 0 spiro atoms. The molecule has 27 heavy (non-hydrogen) atoms. The minimum absolute atomic E-state index is 0.247. The first-order valence-electron chi connectivity index (χ1n) is 7.74. The van der Waals surface area contributed by atoms with Gasteiger partial charge in [0.25, 0.3) is 5.91 Å². The molecule has 10 heteroatoms. The summed E-state index contributed by atoms with van der Waals surface area (Å²) in [5.74, 6) is -0.890. The monoisotopic (exact) mass is 402 g/mol. The Bertz CT molecular complexity index is 895. The van der Waals surface area contributed by atoms with Crippen molar-refractivity contribution < 1.29 is 31.1 Å². The minimum Gasteiger partial charge on any atom is -0.406 e. The molecule has 0 unspecified atom stereocenters. The van der Waals surface area contributed by atoms with E-state index in [1.807, 2.05) is 0 Å². The van der Waals surface area contributed by atoms with Crippen LogP contribution in [-0.2, 0) is 10.0 Å². The molecule has 0 fully saturated rings. The van der Waals surface area contributed by atoms with Gasteiger partial charge in [0.1, 0.15) is 5.75 Å². The van der Waals surface area contributed by atoms with Crippen molar-refractivity contribution in [2.75, 3.05) is 22.4 Å². The van der Waals surface area contributed by atoms with Gasteiger partial charge in [-0.3, -0.25) is 9.10 Å². The summed E-state index contributed by atoms with van der Waals surface area (Å²) < 4.78 is 64.7. The number of nitrogens with one attached hydrogen (secondary N) is 1. The molecule has 2 aromatic rings. The number of hydrogen-bond acceptors (Lipinski definition) is 4. The van der Waals surface area contributed by atoms with Crippen molar-refractivity contribution in [2.45, 2.75) is 13.3 Å². The molecule has 0 bridgehead atoms. The molecule has 6 nitrogen and oxygen atoms in total. The molecule has 146 valence electrons. The fourth-order valence-electron chi connectivity index (χ4n) is 2.33. The molecule has 0 saturated carbocycles. The molecule has 2 aromatic carbocycles. The second-order valence-corrected chi connectivity index (χ2v) is 7.41. The predicted molar refractivity (Wildman–Crippen MR) is 95.4 cm³/mol. The Morgan fingerprint density at radius 1 is 1.07 bits per heavy atom. The summed E-state index contributed by atoms with van der Waals surface area (Å²) in [6, 6.07) is 10.6. The standard InChI is InChI=1S/C17H17F3N2O4S/c1-3-22(27(2,24)25)14-8-4-12(5-9-14)16(23)21-13-6-10-15(11-7-13)26-17(18,19)20/h4-11H,3H2,1-2H3,(H,21,23). The van der Waals surface area contributed by atoms with E-state index in [2.05, 4.69) is 10.1 Å². The molecular weight excluding hydrogens is 385 g/mol. The molecule has 0 aromatic heterocycles. The number of alkyl halides is 3. The van der Waals surface area contributed by atoms with Crippen LogP contribution < -0.4 is 14.4 Å². The quantitative estimate of drug-likeness (QED) is 0.801. The summed E-state index contributed by atoms with van der Waals surface area (Å²) in [6.07, 6.45) is -3.70. The van der Waals surface area contributed by atoms with E-state index in [9.17, 15) is 26.4 Å². The van der Waals surface area contributed by atoms with Crippen LogP contribution in [0, 0.1) is 0 Å². The van der Waals surface area contributed by atoms with Gasteiger partial charge < -0.3 is 10.1 Å². The first-order chi connectivity index (χ1) is 12.5. The lowest BCUT2D eigenvalue weighted by atomic mass is 10.2. The Hall–Kier alpha value is -2.75. The van der Waals surface area contributed by atoms with Crippen LogP contribution in [0.1, 0.15) is 17.3 Å². The number of rotatable bonds is 6. The van der Waals surface area contributed by atoms with Gasteiger partial charge in [-0.05, 0) is 55.5 Å². The van der Waals surface area contributed by atoms with Crippen molar-refractivity contribution in [1.29, 1.82) is 0 Å². The highest BCUT2D eigenvalue weighted by atomic mass is 32.2. The third-order valence-electron chi connectivity index (χ3n) is 3.45. The third kappa shape index (κ3) is 5.88. The van der Waals surface area contributed by atoms with Gasteiger partial charge in [0.05, 0.1) is 11.9 Å². The van der Waals surface area contributed by atoms with Crippen LogP contribution in [0.25, 0.3) is 0 Å². The van der Waals surface area contributed by atoms with Crippen LogP contribution in [0.5, 0.6) is 5.75 Å². The summed E-state index contributed by atoms with van der Waals surface area (Å²) in [5, 5.41) is 2.53. The molecule has 0 saturated heterocycles. The number of hydrogen-bond donors (Lipinski definition) is 1. The highest BCUT2D eigenvalue weighted by Gasteiger charge is 2.31. The van der Waals surface area contributed by atoms with Crippen molar-refractivity contribution in [3.8, 4) is 5.75 Å². The number of benzene rings is 2. The number of carbonyl (C=O) groups is 1. The summed E-state index contributed by atoms with van der Waals surface area (Å²) in [6.45, 7) is 1.94. The fourth-order valence-corrected chi connectivity index (χ4v) is 3.30. The van der Waals surface area contributed by atoms with E-state index in [1.54, 1.807) is 6.92 Å². The maximum Gasteiger partial charge on any atom is 0.573 e. The lowest BCUT2D eigenvalue weighted by molar-refractivity contribution is -0.274. The second-order valence-electron chi connectivity index (χ2n) is 5.50. The molecule has 0 heterocycles. The van der Waals surface area contributed by atoms with Gasteiger partial charge in [-0.2, -0.15) is 0 Å². The minimum atomic E-state index is -4.79. The smallest absolute Gasteiger partial charge is 0.406 e. The van der Waals surface area contributed by atoms with Gasteiger partial charge in [0.2, 0.25) is 10.0 Å². The molecule has 2 rings (SSSR count). The van der Waals surface area contributed by atoms with Crippen LogP contribution >= 0.6 is 0 Å². The number of carbonyl (C=O) groups excluding carboxylic acids is 1. The molecule has 0 atom stereocenters. The summed E-state index contributed by atoms with van der Waals surface area (Å²) in [4.78, 5) is 12.2. The average molecular weight is 402 g/mol. The predicted octanol–water partition coefficient (Wildman–Crippen LogP) is 3.62. The average Bonchev–Trinajstić information content (AvgIpc) is 2.55. The van der Waals surface area contributed by atoms with E-state index >= 15 is 0 Å². The summed E-state index contributed by atoms with van der Waals surface area (Å²) >= 11 is 0. The van der Waals surface area contributed by atoms with Crippen molar-refractivity contribution in [3.05, 3.63) is 54.1 Å². The SMILES string of the molecule is CCN(c1ccc(C(=O)Nc2ccc(OC(F)(F)F)cc2)cc1)S(C)(=O)=O. The lowest BCUT2D eigenvalue weighted by Crippen LogP contribution is -2.29. The van der Waals surface area contributed by atoms with Crippen molar-refractivity contribution in [2.24, 2.45) is 0 Å². The highest BCUT2D eigenvalue weighted by molar-refractivity contribution is 7.92. The van der Waals surface area contributed by atoms with Crippen molar-refractivity contribution in [1.82, 2.24) is 0 Å². The Balaban J connectivity index is 2.08. The van der Waals surface area contributed by atoms with E-state index in [0.29, 0.717) is 5.69 Å². The van der Waals surface area contributed by atoms with E-state index in [-0.39, 0.29) is 17.8 Å². The number of halogens is 3. The highest BCUT2D eigenvalue weighted by Crippen LogP contribution is 2.24. The molecule has 1 amide bonds. The number of sulfonamides is 1. The normalized spacial score (nSPS) is 11.7. The maximum absolute atomic E-state index is 12.2. The van der Waals surface area contributed by atoms with Crippen molar-refractivity contribution in [3.63, 3.8) is 0 Å². The van der Waals surface area contributed by atoms with Crippen LogP contribution in [0.15, 0.2) is 48.5 Å². The zero-order valence-corrected chi connectivity index (χ0v) is 15.3. The van der Waals surface area contributed by atoms with Gasteiger partial charge in [-0.15, -0.1) is 13.2 Å². The molecule has 0 aliphatic heterocycles. The Kier molecular flexibility index (Phi) is 5.99. The maximum atomic E-state index is 12.2. The van der Waals surface area contributed by atoms with Gasteiger partial charge in [-0.25, -0.2) is 8.42 Å². The largest absolute Gasteiger partial charge is 0.573 e. The van der Waals surface area contributed by atoms with E-state index in [4.69, 9.17) is 0 Å². The molecular formula is C17H17F3N2O4S. The first kappa shape index (κ1) is 20.6. The number of ether oxygens (including phenoxy) is 1. The van der Waals surface area contributed by atoms with E-state index in [1.165, 1.54) is 40.7 Å². The van der Waals surface area contributed by atoms with Crippen LogP contribution in [-0.4, -0.2) is 33.5 Å². The van der Waals surface area contributed by atoms with Gasteiger partial charge >= 0.3 is 6.36 Å². The Morgan fingerprint density at radius 3 is 2.07 bits per heavy atom. The number of anilines is 2. The van der Waals surface area contributed by atoms with Gasteiger partial charge in [0, 0.05) is 17.8 Å². The lowest BCUT2D eigenvalue weighted by Gasteiger charge is -2.20. The van der Waals surface area contributed by atoms with Crippen LogP contribution in [0.3, 0.4) is 0 Å². The zero-order valence-electron chi connectivity index (χ0n) is 14.4. The van der Waals surface area contributed by atoms with Crippen LogP contribution in [0.2, 0.25) is 0 Å². The molecule has 1 N–H and O–H groups in total. The first-order valence-corrected chi connectivity index (χ1v) is 9.59. The second kappa shape index (κ2) is 7.87. The molecule has 0 radical (unpaired) electrons. The van der Waals surface area contributed by atoms with E-state index in [0.717, 1.165) is 18.4 Å². The topological polar surface area (TPSA) is 75.7 Å². The summed E-state index contributed by atoms with van der Waals surface area (Å²) in [5.41, 5.74) is 0.967. The van der Waals surface area contributed by atoms with Gasteiger partial charge in [0.15, 0.2) is 0 Å². The van der Waals surface area contributed by atoms with Crippen LogP contribution in [0.4, 0.5) is 24.5 Å². The van der Waals surface area contributed by atoms with Crippen molar-refractivity contribution >= 4 is 27.3 Å². The third-order valence-corrected chi connectivity index (χ3v) is 4.72. The Morgan fingerprint density at radius 2 is 1.63 bits per heavy atom.